The van der Waals surface area contributed by atoms with Crippen LogP contribution in [0, 0.1) is 5.92 Å². The maximum absolute atomic E-state index is 3.19. The molecule has 1 aromatic carbocycles. The molecule has 1 rings (SSSR count). The second kappa shape index (κ2) is 9.11. The van der Waals surface area contributed by atoms with Crippen LogP contribution >= 0.6 is 0 Å². The lowest BCUT2D eigenvalue weighted by Gasteiger charge is -2.23. The van der Waals surface area contributed by atoms with Crippen molar-refractivity contribution in [1.82, 2.24) is 10.2 Å². The summed E-state index contributed by atoms with van der Waals surface area (Å²) in [5.74, 6) is 0.787. The van der Waals surface area contributed by atoms with Crippen LogP contribution in [0.3, 0.4) is 0 Å². The van der Waals surface area contributed by atoms with Gasteiger partial charge in [0, 0.05) is 13.1 Å². The standard InChI is InChI=1S/C17H30N2/c1-5-15(3)13-19(6-2)14-17-9-7-16(8-10-17)11-12-18-4/h7-10,15,18H,5-6,11-14H2,1-4H3. The molecular formula is C17H30N2. The number of likely N-dealkylation sites (N-methyl/N-ethyl adjacent to an activating group) is 1. The fourth-order valence-electron chi connectivity index (χ4n) is 2.21. The first kappa shape index (κ1) is 16.2. The van der Waals surface area contributed by atoms with Crippen molar-refractivity contribution in [2.24, 2.45) is 5.92 Å². The summed E-state index contributed by atoms with van der Waals surface area (Å²) in [7, 11) is 2.00. The van der Waals surface area contributed by atoms with Crippen LogP contribution in [0.5, 0.6) is 0 Å². The highest BCUT2D eigenvalue weighted by atomic mass is 15.1. The van der Waals surface area contributed by atoms with Gasteiger partial charge in [0.1, 0.15) is 0 Å². The Labute approximate surface area is 119 Å². The number of hydrogen-bond donors (Lipinski definition) is 1. The minimum atomic E-state index is 0.787. The van der Waals surface area contributed by atoms with E-state index < -0.39 is 0 Å². The van der Waals surface area contributed by atoms with Gasteiger partial charge in [-0.25, -0.2) is 0 Å². The summed E-state index contributed by atoms with van der Waals surface area (Å²) in [4.78, 5) is 2.54. The van der Waals surface area contributed by atoms with Crippen LogP contribution in [0.25, 0.3) is 0 Å². The van der Waals surface area contributed by atoms with Crippen LogP contribution in [-0.4, -0.2) is 31.6 Å². The highest BCUT2D eigenvalue weighted by Gasteiger charge is 2.07. The molecule has 1 unspecified atom stereocenters. The van der Waals surface area contributed by atoms with Crippen LogP contribution in [0.1, 0.15) is 38.3 Å². The second-order valence-corrected chi connectivity index (χ2v) is 5.51. The molecule has 108 valence electrons. The summed E-state index contributed by atoms with van der Waals surface area (Å²) in [6.45, 7) is 11.3. The number of nitrogens with one attached hydrogen (secondary N) is 1. The fraction of sp³-hybridized carbons (Fsp3) is 0.647. The summed E-state index contributed by atoms with van der Waals surface area (Å²) in [6, 6.07) is 9.10. The van der Waals surface area contributed by atoms with Crippen molar-refractivity contribution < 1.29 is 0 Å². The van der Waals surface area contributed by atoms with Gasteiger partial charge in [-0.05, 0) is 43.6 Å². The molecule has 0 spiro atoms. The Morgan fingerprint density at radius 2 is 1.74 bits per heavy atom. The van der Waals surface area contributed by atoms with Gasteiger partial charge in [-0.3, -0.25) is 4.90 Å². The number of rotatable bonds is 9. The van der Waals surface area contributed by atoms with Crippen LogP contribution in [0.2, 0.25) is 0 Å². The molecule has 0 aliphatic rings. The van der Waals surface area contributed by atoms with Crippen LogP contribution in [0.15, 0.2) is 24.3 Å². The molecule has 0 aliphatic heterocycles. The zero-order valence-electron chi connectivity index (χ0n) is 13.1. The third kappa shape index (κ3) is 6.22. The highest BCUT2D eigenvalue weighted by molar-refractivity contribution is 5.22. The van der Waals surface area contributed by atoms with E-state index >= 15 is 0 Å². The lowest BCUT2D eigenvalue weighted by Crippen LogP contribution is -2.27. The number of nitrogens with zero attached hydrogens (tertiary/aromatic N) is 1. The van der Waals surface area contributed by atoms with E-state index in [1.165, 1.54) is 24.1 Å². The monoisotopic (exact) mass is 262 g/mol. The normalized spacial score (nSPS) is 12.9. The van der Waals surface area contributed by atoms with E-state index in [4.69, 9.17) is 0 Å². The minimum Gasteiger partial charge on any atom is -0.319 e. The van der Waals surface area contributed by atoms with Gasteiger partial charge in [0.05, 0.1) is 0 Å². The average molecular weight is 262 g/mol. The van der Waals surface area contributed by atoms with Crippen molar-refractivity contribution in [1.29, 1.82) is 0 Å². The SMILES string of the molecule is CCC(C)CN(CC)Cc1ccc(CCNC)cc1. The maximum atomic E-state index is 3.19. The molecule has 0 saturated heterocycles. The number of benzene rings is 1. The molecule has 0 fully saturated rings. The van der Waals surface area contributed by atoms with Gasteiger partial charge in [-0.15, -0.1) is 0 Å². The minimum absolute atomic E-state index is 0.787. The van der Waals surface area contributed by atoms with E-state index in [9.17, 15) is 0 Å². The van der Waals surface area contributed by atoms with Crippen molar-refractivity contribution in [3.8, 4) is 0 Å². The largest absolute Gasteiger partial charge is 0.319 e. The molecule has 0 aromatic heterocycles. The summed E-state index contributed by atoms with van der Waals surface area (Å²) in [5.41, 5.74) is 2.85. The van der Waals surface area contributed by atoms with Crippen molar-refractivity contribution in [3.05, 3.63) is 35.4 Å². The Morgan fingerprint density at radius 3 is 2.26 bits per heavy atom. The van der Waals surface area contributed by atoms with Crippen LogP contribution in [0.4, 0.5) is 0 Å². The van der Waals surface area contributed by atoms with E-state index in [0.717, 1.165) is 32.0 Å². The molecule has 0 bridgehead atoms. The van der Waals surface area contributed by atoms with Crippen LogP contribution < -0.4 is 5.32 Å². The second-order valence-electron chi connectivity index (χ2n) is 5.51. The molecule has 1 aromatic rings. The summed E-state index contributed by atoms with van der Waals surface area (Å²) in [5, 5.41) is 3.19. The molecule has 0 saturated carbocycles. The van der Waals surface area contributed by atoms with Gasteiger partial charge < -0.3 is 5.32 Å². The van der Waals surface area contributed by atoms with Gasteiger partial charge in [0.15, 0.2) is 0 Å². The van der Waals surface area contributed by atoms with E-state index in [1.807, 2.05) is 7.05 Å². The van der Waals surface area contributed by atoms with Crippen molar-refractivity contribution >= 4 is 0 Å². The van der Waals surface area contributed by atoms with Crippen molar-refractivity contribution in [3.63, 3.8) is 0 Å². The Kier molecular flexibility index (Phi) is 7.76. The first-order valence-corrected chi connectivity index (χ1v) is 7.64. The molecule has 0 radical (unpaired) electrons. The molecule has 2 heteroatoms. The van der Waals surface area contributed by atoms with E-state index in [-0.39, 0.29) is 0 Å². The van der Waals surface area contributed by atoms with Gasteiger partial charge in [0.2, 0.25) is 0 Å². The first-order valence-electron chi connectivity index (χ1n) is 7.64. The Balaban J connectivity index is 2.50. The summed E-state index contributed by atoms with van der Waals surface area (Å²) < 4.78 is 0. The Morgan fingerprint density at radius 1 is 1.11 bits per heavy atom. The first-order chi connectivity index (χ1) is 9.19. The Hall–Kier alpha value is -0.860. The van der Waals surface area contributed by atoms with Gasteiger partial charge in [-0.2, -0.15) is 0 Å². The number of hydrogen-bond acceptors (Lipinski definition) is 2. The molecule has 1 atom stereocenters. The summed E-state index contributed by atoms with van der Waals surface area (Å²) in [6.07, 6.45) is 2.38. The van der Waals surface area contributed by atoms with Crippen molar-refractivity contribution in [2.45, 2.75) is 40.2 Å². The van der Waals surface area contributed by atoms with E-state index in [1.54, 1.807) is 0 Å². The lowest BCUT2D eigenvalue weighted by atomic mass is 10.1. The third-order valence-corrected chi connectivity index (χ3v) is 3.81. The lowest BCUT2D eigenvalue weighted by molar-refractivity contribution is 0.238. The van der Waals surface area contributed by atoms with E-state index in [2.05, 4.69) is 55.3 Å². The average Bonchev–Trinajstić information content (AvgIpc) is 2.45. The molecule has 0 amide bonds. The zero-order chi connectivity index (χ0) is 14.1. The predicted molar refractivity (Wildman–Crippen MR) is 84.5 cm³/mol. The molecule has 0 heterocycles. The van der Waals surface area contributed by atoms with Gasteiger partial charge in [-0.1, -0.05) is 51.5 Å². The van der Waals surface area contributed by atoms with Crippen LogP contribution in [-0.2, 0) is 13.0 Å². The van der Waals surface area contributed by atoms with Gasteiger partial charge in [0.25, 0.3) is 0 Å². The zero-order valence-corrected chi connectivity index (χ0v) is 13.1. The molecular weight excluding hydrogens is 232 g/mol. The fourth-order valence-corrected chi connectivity index (χ4v) is 2.21. The quantitative estimate of drug-likeness (QED) is 0.734. The third-order valence-electron chi connectivity index (χ3n) is 3.81. The molecule has 0 aliphatic carbocycles. The predicted octanol–water partition coefficient (Wildman–Crippen LogP) is 3.32. The van der Waals surface area contributed by atoms with Crippen molar-refractivity contribution in [2.75, 3.05) is 26.7 Å². The summed E-state index contributed by atoms with van der Waals surface area (Å²) >= 11 is 0. The van der Waals surface area contributed by atoms with Gasteiger partial charge >= 0.3 is 0 Å². The molecule has 1 N–H and O–H groups in total. The maximum Gasteiger partial charge on any atom is 0.0233 e. The molecule has 2 nitrogen and oxygen atoms in total. The topological polar surface area (TPSA) is 15.3 Å². The van der Waals surface area contributed by atoms with E-state index in [0.29, 0.717) is 0 Å². The highest BCUT2D eigenvalue weighted by Crippen LogP contribution is 2.11. The Bertz CT molecular complexity index is 332. The smallest absolute Gasteiger partial charge is 0.0233 e. The molecule has 19 heavy (non-hydrogen) atoms.